The minimum absolute atomic E-state index is 0.00174. The van der Waals surface area contributed by atoms with Crippen LogP contribution < -0.4 is 0 Å². The largest absolute Gasteiger partial charge is 0.396 e. The predicted octanol–water partition coefficient (Wildman–Crippen LogP) is 1.06. The highest BCUT2D eigenvalue weighted by Gasteiger charge is 2.27. The highest BCUT2D eigenvalue weighted by Crippen LogP contribution is 2.26. The smallest absolute Gasteiger partial charge is 0.0541 e. The number of hydrogen-bond donors (Lipinski definition) is 1. The van der Waals surface area contributed by atoms with Crippen molar-refractivity contribution in [3.8, 4) is 0 Å². The van der Waals surface area contributed by atoms with Gasteiger partial charge in [-0.3, -0.25) is 0 Å². The Kier molecular flexibility index (Phi) is 6.34. The number of methoxy groups -OCH3 is 2. The monoisotopic (exact) mass is 176 g/mol. The summed E-state index contributed by atoms with van der Waals surface area (Å²) in [5.41, 5.74) is -0.00174. The maximum absolute atomic E-state index is 8.88. The number of hydrogen-bond acceptors (Lipinski definition) is 3. The van der Waals surface area contributed by atoms with Gasteiger partial charge in [0.2, 0.25) is 0 Å². The third-order valence-electron chi connectivity index (χ3n) is 2.29. The molecule has 0 rings (SSSR count). The summed E-state index contributed by atoms with van der Waals surface area (Å²) in [4.78, 5) is 0. The van der Waals surface area contributed by atoms with Crippen molar-refractivity contribution in [3.05, 3.63) is 0 Å². The van der Waals surface area contributed by atoms with E-state index >= 15 is 0 Å². The maximum atomic E-state index is 8.88. The lowest BCUT2D eigenvalue weighted by atomic mass is 9.84. The number of ether oxygens (including phenoxy) is 2. The number of aliphatic hydroxyl groups is 1. The van der Waals surface area contributed by atoms with Gasteiger partial charge in [-0.2, -0.15) is 0 Å². The van der Waals surface area contributed by atoms with E-state index in [1.807, 2.05) is 0 Å². The quantitative estimate of drug-likeness (QED) is 0.630. The minimum atomic E-state index is -0.00174. The van der Waals surface area contributed by atoms with E-state index in [4.69, 9.17) is 14.6 Å². The second-order valence-corrected chi connectivity index (χ2v) is 3.19. The molecule has 1 N–H and O–H groups in total. The Balaban J connectivity index is 4.06. The lowest BCUT2D eigenvalue weighted by Crippen LogP contribution is -2.32. The molecule has 0 saturated carbocycles. The first-order chi connectivity index (χ1) is 5.74. The zero-order valence-corrected chi connectivity index (χ0v) is 8.30. The van der Waals surface area contributed by atoms with Crippen molar-refractivity contribution in [2.45, 2.75) is 19.8 Å². The molecule has 0 amide bonds. The van der Waals surface area contributed by atoms with E-state index in [0.29, 0.717) is 13.2 Å². The molecule has 0 unspecified atom stereocenters. The van der Waals surface area contributed by atoms with E-state index < -0.39 is 0 Å². The molecule has 74 valence electrons. The minimum Gasteiger partial charge on any atom is -0.396 e. The third kappa shape index (κ3) is 3.52. The molecule has 0 aliphatic carbocycles. The van der Waals surface area contributed by atoms with Gasteiger partial charge in [0.25, 0.3) is 0 Å². The van der Waals surface area contributed by atoms with Crippen molar-refractivity contribution in [2.24, 2.45) is 5.41 Å². The summed E-state index contributed by atoms with van der Waals surface area (Å²) in [6, 6.07) is 0. The van der Waals surface area contributed by atoms with Gasteiger partial charge in [0.1, 0.15) is 0 Å². The van der Waals surface area contributed by atoms with E-state index in [9.17, 15) is 0 Å². The first kappa shape index (κ1) is 11.9. The Morgan fingerprint density at radius 2 is 1.67 bits per heavy atom. The molecule has 0 aromatic rings. The van der Waals surface area contributed by atoms with Crippen LogP contribution >= 0.6 is 0 Å². The van der Waals surface area contributed by atoms with Crippen molar-refractivity contribution in [1.82, 2.24) is 0 Å². The van der Waals surface area contributed by atoms with Gasteiger partial charge in [0, 0.05) is 26.2 Å². The van der Waals surface area contributed by atoms with Crippen molar-refractivity contribution in [1.29, 1.82) is 0 Å². The van der Waals surface area contributed by atoms with Gasteiger partial charge >= 0.3 is 0 Å². The van der Waals surface area contributed by atoms with Crippen molar-refractivity contribution in [2.75, 3.05) is 34.0 Å². The summed E-state index contributed by atoms with van der Waals surface area (Å²) in [7, 11) is 3.36. The van der Waals surface area contributed by atoms with Crippen LogP contribution in [-0.4, -0.2) is 39.1 Å². The molecule has 0 aliphatic heterocycles. The fourth-order valence-electron chi connectivity index (χ4n) is 1.42. The Bertz CT molecular complexity index is 86.9. The summed E-state index contributed by atoms with van der Waals surface area (Å²) >= 11 is 0. The zero-order chi connectivity index (χ0) is 9.45. The highest BCUT2D eigenvalue weighted by atomic mass is 16.5. The van der Waals surface area contributed by atoms with Gasteiger partial charge in [-0.1, -0.05) is 6.92 Å². The first-order valence-electron chi connectivity index (χ1n) is 4.33. The van der Waals surface area contributed by atoms with Crippen molar-refractivity contribution in [3.63, 3.8) is 0 Å². The van der Waals surface area contributed by atoms with Crippen LogP contribution in [0.3, 0.4) is 0 Å². The Labute approximate surface area is 74.7 Å². The van der Waals surface area contributed by atoms with Crippen LogP contribution in [0.5, 0.6) is 0 Å². The van der Waals surface area contributed by atoms with E-state index in [1.165, 1.54) is 0 Å². The van der Waals surface area contributed by atoms with E-state index in [-0.39, 0.29) is 12.0 Å². The number of rotatable bonds is 7. The van der Waals surface area contributed by atoms with Crippen LogP contribution in [0.25, 0.3) is 0 Å². The van der Waals surface area contributed by atoms with Gasteiger partial charge < -0.3 is 14.6 Å². The van der Waals surface area contributed by atoms with E-state index in [2.05, 4.69) is 6.92 Å². The molecule has 0 bridgehead atoms. The van der Waals surface area contributed by atoms with Crippen LogP contribution in [0, 0.1) is 5.41 Å². The van der Waals surface area contributed by atoms with Crippen LogP contribution in [0.1, 0.15) is 19.8 Å². The first-order valence-corrected chi connectivity index (χ1v) is 4.33. The average Bonchev–Trinajstić information content (AvgIpc) is 2.06. The average molecular weight is 176 g/mol. The second-order valence-electron chi connectivity index (χ2n) is 3.19. The molecule has 12 heavy (non-hydrogen) atoms. The molecular formula is C9H20O3. The van der Waals surface area contributed by atoms with Gasteiger partial charge in [-0.05, 0) is 12.8 Å². The van der Waals surface area contributed by atoms with E-state index in [0.717, 1.165) is 12.8 Å². The Hall–Kier alpha value is -0.120. The van der Waals surface area contributed by atoms with Crippen LogP contribution in [0.4, 0.5) is 0 Å². The van der Waals surface area contributed by atoms with Crippen LogP contribution in [0.2, 0.25) is 0 Å². The van der Waals surface area contributed by atoms with Crippen LogP contribution in [0.15, 0.2) is 0 Å². The van der Waals surface area contributed by atoms with Crippen LogP contribution in [-0.2, 0) is 9.47 Å². The summed E-state index contributed by atoms with van der Waals surface area (Å²) < 4.78 is 10.2. The molecule has 0 spiro atoms. The SMILES string of the molecule is CCC(CCO)(COC)COC. The Morgan fingerprint density at radius 1 is 1.17 bits per heavy atom. The molecule has 3 heteroatoms. The highest BCUT2D eigenvalue weighted by molar-refractivity contribution is 4.76. The molecule has 0 aromatic heterocycles. The fraction of sp³-hybridized carbons (Fsp3) is 1.00. The summed E-state index contributed by atoms with van der Waals surface area (Å²) in [6.07, 6.45) is 1.71. The molecule has 0 aromatic carbocycles. The molecule has 0 saturated heterocycles. The van der Waals surface area contributed by atoms with Gasteiger partial charge in [-0.25, -0.2) is 0 Å². The summed E-state index contributed by atoms with van der Waals surface area (Å²) in [5, 5.41) is 8.88. The molecule has 0 heterocycles. The normalized spacial score (nSPS) is 12.0. The zero-order valence-electron chi connectivity index (χ0n) is 8.30. The molecule has 0 aliphatic rings. The Morgan fingerprint density at radius 3 is 1.92 bits per heavy atom. The lowest BCUT2D eigenvalue weighted by Gasteiger charge is -2.30. The van der Waals surface area contributed by atoms with Gasteiger partial charge in [0.05, 0.1) is 13.2 Å². The molecule has 0 atom stereocenters. The summed E-state index contributed by atoms with van der Waals surface area (Å²) in [5.74, 6) is 0. The van der Waals surface area contributed by atoms with Crippen molar-refractivity contribution < 1.29 is 14.6 Å². The molecule has 3 nitrogen and oxygen atoms in total. The molecule has 0 radical (unpaired) electrons. The summed E-state index contributed by atoms with van der Waals surface area (Å²) in [6.45, 7) is 3.59. The standard InChI is InChI=1S/C9H20O3/c1-4-9(5-6-10,7-11-2)8-12-3/h10H,4-8H2,1-3H3. The van der Waals surface area contributed by atoms with Crippen molar-refractivity contribution >= 4 is 0 Å². The van der Waals surface area contributed by atoms with E-state index in [1.54, 1.807) is 14.2 Å². The predicted molar refractivity (Wildman–Crippen MR) is 48.2 cm³/mol. The lowest BCUT2D eigenvalue weighted by molar-refractivity contribution is -0.00769. The molecule has 0 fully saturated rings. The maximum Gasteiger partial charge on any atom is 0.0541 e. The topological polar surface area (TPSA) is 38.7 Å². The second kappa shape index (κ2) is 6.40. The van der Waals surface area contributed by atoms with Gasteiger partial charge in [-0.15, -0.1) is 0 Å². The fourth-order valence-corrected chi connectivity index (χ4v) is 1.42. The third-order valence-corrected chi connectivity index (χ3v) is 2.29. The van der Waals surface area contributed by atoms with Gasteiger partial charge in [0.15, 0.2) is 0 Å². The number of aliphatic hydroxyl groups excluding tert-OH is 1. The molecular weight excluding hydrogens is 156 g/mol.